The zero-order valence-electron chi connectivity index (χ0n) is 10.9. The number of rotatable bonds is 4. The number of hydrogen-bond donors (Lipinski definition) is 1. The lowest BCUT2D eigenvalue weighted by molar-refractivity contribution is 0.0471. The van der Waals surface area contributed by atoms with Crippen LogP contribution < -0.4 is 10.5 Å². The van der Waals surface area contributed by atoms with Crippen LogP contribution in [0.25, 0.3) is 0 Å². The molecule has 0 fully saturated rings. The second-order valence-electron chi connectivity index (χ2n) is 4.14. The molecule has 0 saturated carbocycles. The number of carbonyl (C=O) groups is 1. The molecule has 0 bridgehead atoms. The number of hydrogen-bond acceptors (Lipinski definition) is 4. The highest BCUT2D eigenvalue weighted by molar-refractivity contribution is 9.10. The first-order chi connectivity index (χ1) is 9.61. The minimum absolute atomic E-state index is 0.178. The molecule has 0 aliphatic heterocycles. The van der Waals surface area contributed by atoms with Gasteiger partial charge in [-0.25, -0.2) is 4.79 Å². The van der Waals surface area contributed by atoms with Crippen LogP contribution in [-0.4, -0.2) is 13.1 Å². The van der Waals surface area contributed by atoms with Crippen LogP contribution in [0.4, 0.5) is 5.69 Å². The van der Waals surface area contributed by atoms with E-state index in [9.17, 15) is 4.79 Å². The normalized spacial score (nSPS) is 10.1. The van der Waals surface area contributed by atoms with E-state index >= 15 is 0 Å². The maximum atomic E-state index is 12.0. The summed E-state index contributed by atoms with van der Waals surface area (Å²) in [6.07, 6.45) is 0. The molecule has 0 spiro atoms. The van der Waals surface area contributed by atoms with Gasteiger partial charge in [0.25, 0.3) is 0 Å². The van der Waals surface area contributed by atoms with Gasteiger partial charge in [0.05, 0.1) is 17.1 Å². The maximum Gasteiger partial charge on any atom is 0.339 e. The van der Waals surface area contributed by atoms with Crippen LogP contribution in [0, 0.1) is 0 Å². The minimum atomic E-state index is -0.424. The van der Waals surface area contributed by atoms with Crippen LogP contribution in [-0.2, 0) is 11.3 Å². The molecule has 2 N–H and O–H groups in total. The number of carbonyl (C=O) groups excluding carboxylic acids is 1. The first-order valence-corrected chi connectivity index (χ1v) is 6.75. The monoisotopic (exact) mass is 335 g/mol. The van der Waals surface area contributed by atoms with Gasteiger partial charge in [-0.15, -0.1) is 0 Å². The quantitative estimate of drug-likeness (QED) is 0.687. The van der Waals surface area contributed by atoms with Gasteiger partial charge >= 0.3 is 5.97 Å². The summed E-state index contributed by atoms with van der Waals surface area (Å²) in [5, 5.41) is 0. The second-order valence-corrected chi connectivity index (χ2v) is 4.93. The van der Waals surface area contributed by atoms with Crippen molar-refractivity contribution in [2.45, 2.75) is 6.61 Å². The fourth-order valence-electron chi connectivity index (χ4n) is 1.70. The van der Waals surface area contributed by atoms with E-state index in [4.69, 9.17) is 15.2 Å². The van der Waals surface area contributed by atoms with E-state index in [1.54, 1.807) is 25.3 Å². The van der Waals surface area contributed by atoms with Crippen LogP contribution >= 0.6 is 15.9 Å². The Balaban J connectivity index is 2.06. The summed E-state index contributed by atoms with van der Waals surface area (Å²) in [6.45, 7) is 0.178. The van der Waals surface area contributed by atoms with E-state index in [2.05, 4.69) is 15.9 Å². The SMILES string of the molecule is COc1cccc(COC(=O)c2cccc(N)c2Br)c1. The molecule has 0 heterocycles. The number of methoxy groups -OCH3 is 1. The van der Waals surface area contributed by atoms with Gasteiger partial charge in [0.2, 0.25) is 0 Å². The third-order valence-corrected chi connectivity index (χ3v) is 3.64. The number of benzene rings is 2. The van der Waals surface area contributed by atoms with Crippen molar-refractivity contribution < 1.29 is 14.3 Å². The standard InChI is InChI=1S/C15H14BrNO3/c1-19-11-5-2-4-10(8-11)9-20-15(18)12-6-3-7-13(17)14(12)16/h2-8H,9,17H2,1H3. The minimum Gasteiger partial charge on any atom is -0.497 e. The number of esters is 1. The first-order valence-electron chi connectivity index (χ1n) is 5.96. The van der Waals surface area contributed by atoms with E-state index in [0.717, 1.165) is 11.3 Å². The Kier molecular flexibility index (Phi) is 4.63. The average molecular weight is 336 g/mol. The summed E-state index contributed by atoms with van der Waals surface area (Å²) in [5.74, 6) is 0.302. The number of ether oxygens (including phenoxy) is 2. The summed E-state index contributed by atoms with van der Waals surface area (Å²) in [5.41, 5.74) is 7.50. The Morgan fingerprint density at radius 2 is 2.00 bits per heavy atom. The Labute approximate surface area is 125 Å². The van der Waals surface area contributed by atoms with Gasteiger partial charge in [0.1, 0.15) is 12.4 Å². The van der Waals surface area contributed by atoms with Crippen LogP contribution in [0.1, 0.15) is 15.9 Å². The molecule has 2 rings (SSSR count). The lowest BCUT2D eigenvalue weighted by atomic mass is 10.2. The maximum absolute atomic E-state index is 12.0. The van der Waals surface area contributed by atoms with Crippen molar-refractivity contribution in [3.8, 4) is 5.75 Å². The molecular formula is C15H14BrNO3. The molecule has 0 aromatic heterocycles. The number of nitrogens with two attached hydrogens (primary N) is 1. The molecular weight excluding hydrogens is 322 g/mol. The van der Waals surface area contributed by atoms with Crippen LogP contribution in [0.15, 0.2) is 46.9 Å². The predicted molar refractivity (Wildman–Crippen MR) is 80.7 cm³/mol. The van der Waals surface area contributed by atoms with Crippen LogP contribution in [0.3, 0.4) is 0 Å². The third-order valence-electron chi connectivity index (χ3n) is 2.75. The summed E-state index contributed by atoms with van der Waals surface area (Å²) >= 11 is 3.28. The summed E-state index contributed by atoms with van der Waals surface area (Å²) in [4.78, 5) is 12.0. The van der Waals surface area contributed by atoms with Gasteiger partial charge in [-0.05, 0) is 45.8 Å². The van der Waals surface area contributed by atoms with Gasteiger partial charge < -0.3 is 15.2 Å². The van der Waals surface area contributed by atoms with Crippen molar-refractivity contribution in [2.24, 2.45) is 0 Å². The highest BCUT2D eigenvalue weighted by Gasteiger charge is 2.13. The number of anilines is 1. The lowest BCUT2D eigenvalue weighted by Gasteiger charge is -2.08. The Bertz CT molecular complexity index is 628. The summed E-state index contributed by atoms with van der Waals surface area (Å²) < 4.78 is 10.9. The van der Waals surface area contributed by atoms with E-state index in [0.29, 0.717) is 15.7 Å². The fourth-order valence-corrected chi connectivity index (χ4v) is 2.12. The zero-order chi connectivity index (χ0) is 14.5. The smallest absolute Gasteiger partial charge is 0.339 e. The van der Waals surface area contributed by atoms with Crippen molar-refractivity contribution in [2.75, 3.05) is 12.8 Å². The molecule has 0 unspecified atom stereocenters. The molecule has 0 amide bonds. The first kappa shape index (κ1) is 14.4. The van der Waals surface area contributed by atoms with Gasteiger partial charge in [-0.1, -0.05) is 18.2 Å². The third kappa shape index (κ3) is 3.30. The molecule has 2 aromatic carbocycles. The van der Waals surface area contributed by atoms with E-state index in [1.165, 1.54) is 0 Å². The molecule has 0 aliphatic rings. The van der Waals surface area contributed by atoms with Gasteiger partial charge in [-0.3, -0.25) is 0 Å². The summed E-state index contributed by atoms with van der Waals surface area (Å²) in [6, 6.07) is 12.4. The number of nitrogen functional groups attached to an aromatic ring is 1. The molecule has 5 heteroatoms. The fraction of sp³-hybridized carbons (Fsp3) is 0.133. The van der Waals surface area contributed by atoms with E-state index in [1.807, 2.05) is 24.3 Å². The highest BCUT2D eigenvalue weighted by atomic mass is 79.9. The molecule has 20 heavy (non-hydrogen) atoms. The van der Waals surface area contributed by atoms with Crippen LogP contribution in [0.5, 0.6) is 5.75 Å². The largest absolute Gasteiger partial charge is 0.497 e. The topological polar surface area (TPSA) is 61.5 Å². The Morgan fingerprint density at radius 1 is 1.25 bits per heavy atom. The van der Waals surface area contributed by atoms with Crippen molar-refractivity contribution in [3.63, 3.8) is 0 Å². The van der Waals surface area contributed by atoms with E-state index < -0.39 is 5.97 Å². The molecule has 0 aliphatic carbocycles. The Hall–Kier alpha value is -2.01. The van der Waals surface area contributed by atoms with Crippen molar-refractivity contribution in [1.82, 2.24) is 0 Å². The molecule has 2 aromatic rings. The number of halogens is 1. The second kappa shape index (κ2) is 6.43. The van der Waals surface area contributed by atoms with Gasteiger partial charge in [0.15, 0.2) is 0 Å². The van der Waals surface area contributed by atoms with Gasteiger partial charge in [0, 0.05) is 5.69 Å². The van der Waals surface area contributed by atoms with Crippen LogP contribution in [0.2, 0.25) is 0 Å². The zero-order valence-corrected chi connectivity index (χ0v) is 12.5. The molecule has 104 valence electrons. The predicted octanol–water partition coefficient (Wildman–Crippen LogP) is 3.40. The van der Waals surface area contributed by atoms with Crippen molar-refractivity contribution in [3.05, 3.63) is 58.1 Å². The van der Waals surface area contributed by atoms with Crippen molar-refractivity contribution in [1.29, 1.82) is 0 Å². The van der Waals surface area contributed by atoms with Crippen molar-refractivity contribution >= 4 is 27.6 Å². The van der Waals surface area contributed by atoms with E-state index in [-0.39, 0.29) is 6.61 Å². The average Bonchev–Trinajstić information content (AvgIpc) is 2.48. The molecule has 4 nitrogen and oxygen atoms in total. The van der Waals surface area contributed by atoms with Gasteiger partial charge in [-0.2, -0.15) is 0 Å². The molecule has 0 atom stereocenters. The summed E-state index contributed by atoms with van der Waals surface area (Å²) in [7, 11) is 1.59. The lowest BCUT2D eigenvalue weighted by Crippen LogP contribution is -2.07. The highest BCUT2D eigenvalue weighted by Crippen LogP contribution is 2.24. The molecule has 0 saturated heterocycles. The molecule has 0 radical (unpaired) electrons. The Morgan fingerprint density at radius 3 is 2.75 bits per heavy atom.